The maximum absolute atomic E-state index is 12.2. The van der Waals surface area contributed by atoms with E-state index in [0.717, 1.165) is 0 Å². The van der Waals surface area contributed by atoms with Crippen LogP contribution in [-0.4, -0.2) is 21.7 Å². The van der Waals surface area contributed by atoms with Crippen molar-refractivity contribution in [3.8, 4) is 0 Å². The van der Waals surface area contributed by atoms with Crippen molar-refractivity contribution in [3.63, 3.8) is 0 Å². The minimum Gasteiger partial charge on any atom is -0.460 e. The van der Waals surface area contributed by atoms with E-state index < -0.39 is 17.2 Å². The van der Waals surface area contributed by atoms with Crippen LogP contribution < -0.4 is 0 Å². The maximum atomic E-state index is 12.2. The molecule has 0 spiro atoms. The first-order chi connectivity index (χ1) is 10.3. The number of nitrogens with zero attached hydrogens (tertiary/aromatic N) is 1. The van der Waals surface area contributed by atoms with E-state index in [1.807, 2.05) is 18.2 Å². The minimum atomic E-state index is -1.44. The molecule has 0 bridgehead atoms. The van der Waals surface area contributed by atoms with Crippen molar-refractivity contribution in [2.45, 2.75) is 38.4 Å². The molecule has 1 N–H and O–H groups in total. The molecule has 1 unspecified atom stereocenters. The zero-order valence-corrected chi connectivity index (χ0v) is 13.1. The predicted octanol–water partition coefficient (Wildman–Crippen LogP) is 3.05. The van der Waals surface area contributed by atoms with E-state index in [2.05, 4.69) is 4.98 Å². The smallest absolute Gasteiger partial charge is 0.309 e. The normalized spacial score (nSPS) is 14.2. The molecule has 116 valence electrons. The van der Waals surface area contributed by atoms with Gasteiger partial charge < -0.3 is 9.84 Å². The number of carbonyl (C=O) groups is 1. The molecular formula is C18H21NO3. The molecule has 0 amide bonds. The molecule has 0 saturated carbocycles. The van der Waals surface area contributed by atoms with Crippen LogP contribution in [0.15, 0.2) is 54.9 Å². The van der Waals surface area contributed by atoms with Gasteiger partial charge in [-0.3, -0.25) is 9.78 Å². The van der Waals surface area contributed by atoms with Crippen molar-refractivity contribution in [2.24, 2.45) is 0 Å². The molecule has 4 nitrogen and oxygen atoms in total. The zero-order chi connectivity index (χ0) is 16.2. The topological polar surface area (TPSA) is 59.4 Å². The second kappa shape index (κ2) is 6.28. The van der Waals surface area contributed by atoms with Gasteiger partial charge in [-0.25, -0.2) is 0 Å². The number of pyridine rings is 1. The van der Waals surface area contributed by atoms with Crippen LogP contribution >= 0.6 is 0 Å². The summed E-state index contributed by atoms with van der Waals surface area (Å²) in [6.07, 6.45) is 3.04. The number of aliphatic hydroxyl groups is 1. The lowest BCUT2D eigenvalue weighted by atomic mass is 9.84. The summed E-state index contributed by atoms with van der Waals surface area (Å²) in [5.41, 5.74) is -0.772. The molecule has 0 radical (unpaired) electrons. The highest BCUT2D eigenvalue weighted by molar-refractivity contribution is 5.72. The fraction of sp³-hybridized carbons (Fsp3) is 0.333. The average Bonchev–Trinajstić information content (AvgIpc) is 2.47. The first-order valence-corrected chi connectivity index (χ1v) is 7.21. The molecule has 1 atom stereocenters. The predicted molar refractivity (Wildman–Crippen MR) is 84.1 cm³/mol. The monoisotopic (exact) mass is 299 g/mol. The maximum Gasteiger partial charge on any atom is 0.309 e. The second-order valence-electron chi connectivity index (χ2n) is 6.23. The number of aromatic nitrogens is 1. The lowest BCUT2D eigenvalue weighted by Gasteiger charge is -2.30. The molecule has 1 aromatic carbocycles. The number of hydrogen-bond donors (Lipinski definition) is 1. The van der Waals surface area contributed by atoms with Crippen LogP contribution in [0.5, 0.6) is 0 Å². The van der Waals surface area contributed by atoms with Crippen molar-refractivity contribution < 1.29 is 14.6 Å². The van der Waals surface area contributed by atoms with E-state index in [9.17, 15) is 9.90 Å². The Kier molecular flexibility index (Phi) is 4.62. The summed E-state index contributed by atoms with van der Waals surface area (Å²) in [6, 6.07) is 12.5. The van der Waals surface area contributed by atoms with Crippen LogP contribution in [0, 0.1) is 0 Å². The Balaban J connectivity index is 2.37. The lowest BCUT2D eigenvalue weighted by Crippen LogP contribution is -2.34. The number of benzene rings is 1. The number of rotatable bonds is 4. The van der Waals surface area contributed by atoms with E-state index in [1.165, 1.54) is 0 Å². The van der Waals surface area contributed by atoms with Crippen LogP contribution in [0.25, 0.3) is 0 Å². The second-order valence-corrected chi connectivity index (χ2v) is 6.23. The highest BCUT2D eigenvalue weighted by atomic mass is 16.6. The molecule has 1 aromatic heterocycles. The average molecular weight is 299 g/mol. The Morgan fingerprint density at radius 2 is 1.59 bits per heavy atom. The van der Waals surface area contributed by atoms with Crippen molar-refractivity contribution in [1.29, 1.82) is 0 Å². The highest BCUT2D eigenvalue weighted by Gasteiger charge is 2.36. The van der Waals surface area contributed by atoms with Gasteiger partial charge in [-0.05, 0) is 44.0 Å². The van der Waals surface area contributed by atoms with Gasteiger partial charge in [-0.15, -0.1) is 0 Å². The van der Waals surface area contributed by atoms with E-state index in [4.69, 9.17) is 4.74 Å². The quantitative estimate of drug-likeness (QED) is 0.882. The van der Waals surface area contributed by atoms with Crippen LogP contribution in [-0.2, 0) is 15.1 Å². The third-order valence-corrected chi connectivity index (χ3v) is 3.23. The molecule has 4 heteroatoms. The van der Waals surface area contributed by atoms with Gasteiger partial charge in [-0.1, -0.05) is 30.3 Å². The summed E-state index contributed by atoms with van der Waals surface area (Å²) in [6.45, 7) is 5.41. The fourth-order valence-corrected chi connectivity index (χ4v) is 2.30. The van der Waals surface area contributed by atoms with E-state index in [1.54, 1.807) is 57.4 Å². The summed E-state index contributed by atoms with van der Waals surface area (Å²) in [5.74, 6) is -0.448. The molecule has 0 aliphatic rings. The van der Waals surface area contributed by atoms with Crippen molar-refractivity contribution in [2.75, 3.05) is 0 Å². The SMILES string of the molecule is CC(C)(C)OC(=O)CC(O)(c1ccccc1)c1ccncc1. The number of hydrogen-bond acceptors (Lipinski definition) is 4. The van der Waals surface area contributed by atoms with Gasteiger partial charge in [0.25, 0.3) is 0 Å². The highest BCUT2D eigenvalue weighted by Crippen LogP contribution is 2.33. The molecule has 2 aromatic rings. The lowest BCUT2D eigenvalue weighted by molar-refractivity contribution is -0.159. The fourth-order valence-electron chi connectivity index (χ4n) is 2.30. The molecule has 0 aliphatic carbocycles. The van der Waals surface area contributed by atoms with E-state index in [-0.39, 0.29) is 6.42 Å². The third kappa shape index (κ3) is 3.92. The van der Waals surface area contributed by atoms with Gasteiger partial charge in [0.2, 0.25) is 0 Å². The largest absolute Gasteiger partial charge is 0.460 e. The zero-order valence-electron chi connectivity index (χ0n) is 13.1. The summed E-state index contributed by atoms with van der Waals surface area (Å²) in [5, 5.41) is 11.2. The Bertz CT molecular complexity index is 578. The summed E-state index contributed by atoms with van der Waals surface area (Å²) >= 11 is 0. The summed E-state index contributed by atoms with van der Waals surface area (Å²) in [7, 11) is 0. The van der Waals surface area contributed by atoms with Gasteiger partial charge >= 0.3 is 5.97 Å². The van der Waals surface area contributed by atoms with E-state index >= 15 is 0 Å². The van der Waals surface area contributed by atoms with Gasteiger partial charge in [0, 0.05) is 12.4 Å². The van der Waals surface area contributed by atoms with Crippen molar-refractivity contribution >= 4 is 5.97 Å². The van der Waals surface area contributed by atoms with Gasteiger partial charge in [0.1, 0.15) is 11.2 Å². The molecule has 22 heavy (non-hydrogen) atoms. The number of esters is 1. The van der Waals surface area contributed by atoms with Crippen LogP contribution in [0.1, 0.15) is 38.3 Å². The molecule has 0 saturated heterocycles. The number of ether oxygens (including phenoxy) is 1. The standard InChI is InChI=1S/C18H21NO3/c1-17(2,3)22-16(20)13-18(21,14-7-5-4-6-8-14)15-9-11-19-12-10-15/h4-12,21H,13H2,1-3H3. The Morgan fingerprint density at radius 1 is 1.05 bits per heavy atom. The van der Waals surface area contributed by atoms with Crippen molar-refractivity contribution in [3.05, 3.63) is 66.0 Å². The molecule has 1 heterocycles. The first kappa shape index (κ1) is 16.2. The molecular weight excluding hydrogens is 278 g/mol. The molecule has 0 aliphatic heterocycles. The summed E-state index contributed by atoms with van der Waals surface area (Å²) < 4.78 is 5.36. The van der Waals surface area contributed by atoms with Crippen molar-refractivity contribution in [1.82, 2.24) is 4.98 Å². The van der Waals surface area contributed by atoms with Crippen LogP contribution in [0.4, 0.5) is 0 Å². The number of carbonyl (C=O) groups excluding carboxylic acids is 1. The van der Waals surface area contributed by atoms with E-state index in [0.29, 0.717) is 11.1 Å². The Hall–Kier alpha value is -2.20. The Morgan fingerprint density at radius 3 is 2.14 bits per heavy atom. The summed E-state index contributed by atoms with van der Waals surface area (Å²) in [4.78, 5) is 16.2. The minimum absolute atomic E-state index is 0.154. The first-order valence-electron chi connectivity index (χ1n) is 7.21. The Labute approximate surface area is 130 Å². The van der Waals surface area contributed by atoms with Crippen LogP contribution in [0.2, 0.25) is 0 Å². The molecule has 0 fully saturated rings. The van der Waals surface area contributed by atoms with Crippen LogP contribution in [0.3, 0.4) is 0 Å². The third-order valence-electron chi connectivity index (χ3n) is 3.23. The van der Waals surface area contributed by atoms with Gasteiger partial charge in [-0.2, -0.15) is 0 Å². The van der Waals surface area contributed by atoms with Gasteiger partial charge in [0.05, 0.1) is 6.42 Å². The molecule has 2 rings (SSSR count). The van der Waals surface area contributed by atoms with Gasteiger partial charge in [0.15, 0.2) is 0 Å².